The summed E-state index contributed by atoms with van der Waals surface area (Å²) in [4.78, 5) is 2.74. The molecule has 5 rings (SSSR count). The average Bonchev–Trinajstić information content (AvgIpc) is 3.59. The van der Waals surface area contributed by atoms with Crippen molar-refractivity contribution in [1.29, 1.82) is 0 Å². The van der Waals surface area contributed by atoms with E-state index >= 15 is 0 Å². The van der Waals surface area contributed by atoms with Crippen molar-refractivity contribution in [2.45, 2.75) is 43.6 Å². The summed E-state index contributed by atoms with van der Waals surface area (Å²) in [7, 11) is 0. The lowest BCUT2D eigenvalue weighted by Crippen LogP contribution is -2.41. The first kappa shape index (κ1) is 18.6. The molecular formula is C27H28FN. The molecule has 2 aliphatic rings. The summed E-state index contributed by atoms with van der Waals surface area (Å²) in [6.45, 7) is 2.38. The molecule has 0 radical (unpaired) electrons. The van der Waals surface area contributed by atoms with Crippen LogP contribution in [-0.4, -0.2) is 18.0 Å². The molecule has 0 bridgehead atoms. The number of hydrogen-bond acceptors (Lipinski definition) is 1. The lowest BCUT2D eigenvalue weighted by atomic mass is 9.87. The van der Waals surface area contributed by atoms with Gasteiger partial charge in [0.2, 0.25) is 0 Å². The van der Waals surface area contributed by atoms with Gasteiger partial charge in [-0.2, -0.15) is 0 Å². The van der Waals surface area contributed by atoms with Gasteiger partial charge in [-0.3, -0.25) is 4.90 Å². The Morgan fingerprint density at radius 2 is 1.34 bits per heavy atom. The Kier molecular flexibility index (Phi) is 4.97. The molecule has 0 spiro atoms. The molecule has 1 aliphatic carbocycles. The summed E-state index contributed by atoms with van der Waals surface area (Å²) >= 11 is 0. The summed E-state index contributed by atoms with van der Waals surface area (Å²) in [5.41, 5.74) is 5.74. The Bertz CT molecular complexity index is 934. The number of halogens is 1. The second-order valence-electron chi connectivity index (χ2n) is 8.70. The van der Waals surface area contributed by atoms with E-state index in [-0.39, 0.29) is 5.82 Å². The molecule has 1 heterocycles. The Labute approximate surface area is 173 Å². The van der Waals surface area contributed by atoms with Gasteiger partial charge in [0.15, 0.2) is 0 Å². The molecule has 2 heteroatoms. The zero-order valence-corrected chi connectivity index (χ0v) is 16.9. The quantitative estimate of drug-likeness (QED) is 0.499. The van der Waals surface area contributed by atoms with Crippen molar-refractivity contribution in [3.05, 3.63) is 107 Å². The monoisotopic (exact) mass is 385 g/mol. The highest BCUT2D eigenvalue weighted by Crippen LogP contribution is 2.52. The summed E-state index contributed by atoms with van der Waals surface area (Å²) in [5.74, 6) is 0.494. The van der Waals surface area contributed by atoms with Gasteiger partial charge in [-0.05, 0) is 85.5 Å². The minimum Gasteiger partial charge on any atom is -0.294 e. The molecule has 0 aromatic heterocycles. The maximum Gasteiger partial charge on any atom is 0.123 e. The highest BCUT2D eigenvalue weighted by atomic mass is 19.1. The lowest BCUT2D eigenvalue weighted by molar-refractivity contribution is 0.134. The van der Waals surface area contributed by atoms with Crippen LogP contribution in [0.15, 0.2) is 78.9 Å². The Balaban J connectivity index is 1.21. The van der Waals surface area contributed by atoms with Crippen LogP contribution in [0.2, 0.25) is 0 Å². The number of hydrogen-bond donors (Lipinski definition) is 0. The van der Waals surface area contributed by atoms with Crippen molar-refractivity contribution in [3.63, 3.8) is 0 Å². The second kappa shape index (κ2) is 7.76. The van der Waals surface area contributed by atoms with Crippen LogP contribution in [-0.2, 0) is 12.0 Å². The van der Waals surface area contributed by atoms with Crippen molar-refractivity contribution >= 4 is 0 Å². The smallest absolute Gasteiger partial charge is 0.123 e. The molecule has 0 unspecified atom stereocenters. The van der Waals surface area contributed by atoms with Crippen LogP contribution in [0.5, 0.6) is 0 Å². The van der Waals surface area contributed by atoms with Crippen LogP contribution >= 0.6 is 0 Å². The van der Waals surface area contributed by atoms with Crippen molar-refractivity contribution in [2.75, 3.05) is 13.1 Å². The fraction of sp³-hybridized carbons (Fsp3) is 0.333. The minimum absolute atomic E-state index is 0.171. The molecule has 2 fully saturated rings. The van der Waals surface area contributed by atoms with Gasteiger partial charge < -0.3 is 0 Å². The van der Waals surface area contributed by atoms with E-state index < -0.39 is 0 Å². The maximum atomic E-state index is 13.1. The SMILES string of the molecule is Fc1ccc(Cc2ccc(C3CCN(C4(c5ccccc5)CC4)CC3)cc2)cc1. The highest BCUT2D eigenvalue weighted by molar-refractivity contribution is 5.32. The first-order valence-corrected chi connectivity index (χ1v) is 10.9. The van der Waals surface area contributed by atoms with E-state index in [1.807, 2.05) is 12.1 Å². The molecule has 148 valence electrons. The van der Waals surface area contributed by atoms with Crippen LogP contribution < -0.4 is 0 Å². The average molecular weight is 386 g/mol. The van der Waals surface area contributed by atoms with Crippen LogP contribution in [0, 0.1) is 5.82 Å². The minimum atomic E-state index is -0.171. The molecule has 0 N–H and O–H groups in total. The molecule has 3 aromatic carbocycles. The van der Waals surface area contributed by atoms with E-state index in [1.54, 1.807) is 12.1 Å². The molecule has 29 heavy (non-hydrogen) atoms. The largest absolute Gasteiger partial charge is 0.294 e. The van der Waals surface area contributed by atoms with E-state index in [2.05, 4.69) is 59.5 Å². The van der Waals surface area contributed by atoms with Crippen molar-refractivity contribution in [2.24, 2.45) is 0 Å². The molecule has 0 amide bonds. The lowest BCUT2D eigenvalue weighted by Gasteiger charge is -2.38. The number of benzene rings is 3. The van der Waals surface area contributed by atoms with Crippen molar-refractivity contribution < 1.29 is 4.39 Å². The van der Waals surface area contributed by atoms with E-state index in [0.717, 1.165) is 12.0 Å². The van der Waals surface area contributed by atoms with Gasteiger partial charge in [0.05, 0.1) is 0 Å². The molecule has 1 saturated carbocycles. The summed E-state index contributed by atoms with van der Waals surface area (Å²) in [5, 5.41) is 0. The number of likely N-dealkylation sites (tertiary alicyclic amines) is 1. The standard InChI is InChI=1S/C27H28FN/c28-26-12-8-22(9-13-26)20-21-6-10-23(11-7-21)24-14-18-29(19-15-24)27(16-17-27)25-4-2-1-3-5-25/h1-13,24H,14-20H2. The van der Waals surface area contributed by atoms with Crippen LogP contribution in [0.25, 0.3) is 0 Å². The van der Waals surface area contributed by atoms with Crippen LogP contribution in [0.1, 0.15) is 53.9 Å². The first-order chi connectivity index (χ1) is 14.2. The van der Waals surface area contributed by atoms with Gasteiger partial charge in [-0.15, -0.1) is 0 Å². The Morgan fingerprint density at radius 1 is 0.759 bits per heavy atom. The van der Waals surface area contributed by atoms with Crippen LogP contribution in [0.4, 0.5) is 4.39 Å². The number of piperidine rings is 1. The van der Waals surface area contributed by atoms with Crippen molar-refractivity contribution in [3.8, 4) is 0 Å². The summed E-state index contributed by atoms with van der Waals surface area (Å²) in [6.07, 6.45) is 5.95. The van der Waals surface area contributed by atoms with E-state index in [9.17, 15) is 4.39 Å². The van der Waals surface area contributed by atoms with E-state index in [1.165, 1.54) is 55.5 Å². The Hall–Kier alpha value is -2.45. The number of rotatable bonds is 5. The normalized spacial score (nSPS) is 19.2. The molecule has 1 aliphatic heterocycles. The summed E-state index contributed by atoms with van der Waals surface area (Å²) < 4.78 is 13.1. The summed E-state index contributed by atoms with van der Waals surface area (Å²) in [6, 6.07) is 27.0. The molecule has 0 atom stereocenters. The third kappa shape index (κ3) is 3.86. The molecular weight excluding hydrogens is 357 g/mol. The maximum absolute atomic E-state index is 13.1. The first-order valence-electron chi connectivity index (χ1n) is 10.9. The second-order valence-corrected chi connectivity index (χ2v) is 8.70. The highest BCUT2D eigenvalue weighted by Gasteiger charge is 2.49. The zero-order chi connectivity index (χ0) is 19.7. The van der Waals surface area contributed by atoms with Gasteiger partial charge >= 0.3 is 0 Å². The third-order valence-corrected chi connectivity index (χ3v) is 6.91. The Morgan fingerprint density at radius 3 is 1.93 bits per heavy atom. The van der Waals surface area contributed by atoms with Gasteiger partial charge in [0.1, 0.15) is 5.82 Å². The van der Waals surface area contributed by atoms with E-state index in [0.29, 0.717) is 11.5 Å². The van der Waals surface area contributed by atoms with Gasteiger partial charge in [-0.25, -0.2) is 4.39 Å². The fourth-order valence-electron chi connectivity index (χ4n) is 5.04. The van der Waals surface area contributed by atoms with Gasteiger partial charge in [0.25, 0.3) is 0 Å². The molecule has 1 saturated heterocycles. The predicted molar refractivity (Wildman–Crippen MR) is 117 cm³/mol. The topological polar surface area (TPSA) is 3.24 Å². The molecule has 1 nitrogen and oxygen atoms in total. The zero-order valence-electron chi connectivity index (χ0n) is 16.9. The third-order valence-electron chi connectivity index (χ3n) is 6.91. The number of nitrogens with zero attached hydrogens (tertiary/aromatic N) is 1. The van der Waals surface area contributed by atoms with Gasteiger partial charge in [0, 0.05) is 5.54 Å². The van der Waals surface area contributed by atoms with Gasteiger partial charge in [-0.1, -0.05) is 66.7 Å². The predicted octanol–water partition coefficient (Wildman–Crippen LogP) is 6.29. The van der Waals surface area contributed by atoms with Crippen molar-refractivity contribution in [1.82, 2.24) is 4.90 Å². The van der Waals surface area contributed by atoms with Crippen LogP contribution in [0.3, 0.4) is 0 Å². The molecule has 3 aromatic rings. The van der Waals surface area contributed by atoms with E-state index in [4.69, 9.17) is 0 Å². The fourth-order valence-corrected chi connectivity index (χ4v) is 5.04.